The summed E-state index contributed by atoms with van der Waals surface area (Å²) >= 11 is 0. The molecule has 0 N–H and O–H groups in total. The van der Waals surface area contributed by atoms with Gasteiger partial charge in [0.2, 0.25) is 0 Å². The van der Waals surface area contributed by atoms with Crippen molar-refractivity contribution >= 4 is 49.8 Å². The zero-order valence-electron chi connectivity index (χ0n) is 35.2. The highest BCUT2D eigenvalue weighted by molar-refractivity contribution is 6.11. The van der Waals surface area contributed by atoms with E-state index in [1.54, 1.807) is 0 Å². The smallest absolute Gasteiger partial charge is 0.143 e. The van der Waals surface area contributed by atoms with Crippen molar-refractivity contribution in [1.82, 2.24) is 0 Å². The number of hydrogen-bond donors (Lipinski definition) is 0. The summed E-state index contributed by atoms with van der Waals surface area (Å²) in [7, 11) is 0. The Morgan fingerprint density at radius 3 is 1.75 bits per heavy atom. The van der Waals surface area contributed by atoms with E-state index in [1.807, 2.05) is 6.07 Å². The third-order valence-corrected chi connectivity index (χ3v) is 13.3. The first-order valence-electron chi connectivity index (χ1n) is 21.8. The number of para-hydroxylation sites is 3. The molecule has 1 aromatic heterocycles. The Labute approximate surface area is 368 Å². The van der Waals surface area contributed by atoms with Crippen LogP contribution in [0.2, 0.25) is 0 Å². The molecule has 0 saturated heterocycles. The Bertz CT molecular complexity index is 3540. The third kappa shape index (κ3) is 6.09. The van der Waals surface area contributed by atoms with Gasteiger partial charge in [-0.05, 0) is 115 Å². The van der Waals surface area contributed by atoms with Crippen molar-refractivity contribution in [3.05, 3.63) is 236 Å². The molecule has 1 aliphatic rings. The molecule has 11 aromatic rings. The van der Waals surface area contributed by atoms with Gasteiger partial charge in [-0.2, -0.15) is 0 Å². The first-order valence-corrected chi connectivity index (χ1v) is 21.8. The summed E-state index contributed by atoms with van der Waals surface area (Å²) in [5.74, 6) is 0. The highest BCUT2D eigenvalue weighted by atomic mass is 16.3. The van der Waals surface area contributed by atoms with Crippen LogP contribution >= 0.6 is 0 Å². The van der Waals surface area contributed by atoms with Crippen LogP contribution in [0.25, 0.3) is 88.3 Å². The highest BCUT2D eigenvalue weighted by Gasteiger charge is 2.37. The van der Waals surface area contributed by atoms with Gasteiger partial charge in [0.1, 0.15) is 11.2 Å². The number of rotatable bonds is 7. The van der Waals surface area contributed by atoms with Crippen LogP contribution in [0.4, 0.5) is 17.1 Å². The van der Waals surface area contributed by atoms with E-state index in [9.17, 15) is 0 Å². The Hall–Kier alpha value is -7.94. The van der Waals surface area contributed by atoms with E-state index in [0.29, 0.717) is 0 Å². The molecule has 1 heterocycles. The summed E-state index contributed by atoms with van der Waals surface area (Å²) in [4.78, 5) is 2.39. The molecule has 0 unspecified atom stereocenters. The van der Waals surface area contributed by atoms with Crippen molar-refractivity contribution in [2.75, 3.05) is 4.90 Å². The molecule has 0 atom stereocenters. The number of hydrogen-bond acceptors (Lipinski definition) is 2. The van der Waals surface area contributed by atoms with E-state index >= 15 is 0 Å². The summed E-state index contributed by atoms with van der Waals surface area (Å²) < 4.78 is 6.63. The van der Waals surface area contributed by atoms with Crippen molar-refractivity contribution < 1.29 is 4.42 Å². The van der Waals surface area contributed by atoms with Gasteiger partial charge < -0.3 is 9.32 Å². The molecule has 0 fully saturated rings. The van der Waals surface area contributed by atoms with Gasteiger partial charge in [-0.25, -0.2) is 0 Å². The lowest BCUT2D eigenvalue weighted by molar-refractivity contribution is 0.662. The lowest BCUT2D eigenvalue weighted by atomic mass is 9.79. The number of furan rings is 1. The molecule has 0 radical (unpaired) electrons. The van der Waals surface area contributed by atoms with Crippen LogP contribution in [-0.2, 0) is 5.41 Å². The largest absolute Gasteiger partial charge is 0.455 e. The highest BCUT2D eigenvalue weighted by Crippen LogP contribution is 2.52. The van der Waals surface area contributed by atoms with Crippen LogP contribution in [0.3, 0.4) is 0 Å². The lowest BCUT2D eigenvalue weighted by Crippen LogP contribution is -2.16. The number of fused-ring (bicyclic) bond motifs is 7. The summed E-state index contributed by atoms with van der Waals surface area (Å²) in [6, 6.07) is 81.5. The lowest BCUT2D eigenvalue weighted by Gasteiger charge is -2.28. The summed E-state index contributed by atoms with van der Waals surface area (Å²) in [6.07, 6.45) is 0. The molecule has 12 rings (SSSR count). The average molecular weight is 806 g/mol. The second-order valence-electron chi connectivity index (χ2n) is 17.3. The topological polar surface area (TPSA) is 16.4 Å². The maximum Gasteiger partial charge on any atom is 0.143 e. The molecule has 0 aliphatic heterocycles. The van der Waals surface area contributed by atoms with Crippen molar-refractivity contribution in [2.24, 2.45) is 0 Å². The molecule has 0 bridgehead atoms. The first-order chi connectivity index (χ1) is 31.0. The van der Waals surface area contributed by atoms with E-state index in [2.05, 4.69) is 237 Å². The zero-order chi connectivity index (χ0) is 42.1. The fourth-order valence-electron chi connectivity index (χ4n) is 10.2. The zero-order valence-corrected chi connectivity index (χ0v) is 35.2. The quantitative estimate of drug-likeness (QED) is 0.160. The summed E-state index contributed by atoms with van der Waals surface area (Å²) in [5.41, 5.74) is 19.7. The Morgan fingerprint density at radius 2 is 0.921 bits per heavy atom. The molecule has 298 valence electrons. The number of benzene rings is 10. The van der Waals surface area contributed by atoms with Crippen molar-refractivity contribution in [3.8, 4) is 55.6 Å². The molecule has 0 saturated carbocycles. The Kier molecular flexibility index (Phi) is 8.55. The predicted octanol–water partition coefficient (Wildman–Crippen LogP) is 17.2. The van der Waals surface area contributed by atoms with Crippen LogP contribution < -0.4 is 4.90 Å². The minimum Gasteiger partial charge on any atom is -0.455 e. The summed E-state index contributed by atoms with van der Waals surface area (Å²) in [5, 5.41) is 4.74. The van der Waals surface area contributed by atoms with Gasteiger partial charge >= 0.3 is 0 Å². The van der Waals surface area contributed by atoms with E-state index in [1.165, 1.54) is 66.4 Å². The SMILES string of the molecule is CC1(C)c2ccccc2-c2cccc(-c3ccc(N(c4ccc(-c5cccc(-c6ccc7ccccc7c6)c5)cc4)c4ccccc4-c4cccc5c4oc4ccccc45)cc3)c21. The van der Waals surface area contributed by atoms with Gasteiger partial charge in [-0.15, -0.1) is 0 Å². The minimum absolute atomic E-state index is 0.111. The minimum atomic E-state index is -0.111. The predicted molar refractivity (Wildman–Crippen MR) is 265 cm³/mol. The molecule has 63 heavy (non-hydrogen) atoms. The van der Waals surface area contributed by atoms with Gasteiger partial charge in [-0.3, -0.25) is 0 Å². The summed E-state index contributed by atoms with van der Waals surface area (Å²) in [6.45, 7) is 4.72. The van der Waals surface area contributed by atoms with Crippen molar-refractivity contribution in [1.29, 1.82) is 0 Å². The molecule has 2 heteroatoms. The number of nitrogens with zero attached hydrogens (tertiary/aromatic N) is 1. The maximum atomic E-state index is 6.63. The Morgan fingerprint density at radius 1 is 0.365 bits per heavy atom. The van der Waals surface area contributed by atoms with Crippen LogP contribution in [0, 0.1) is 0 Å². The average Bonchev–Trinajstić information content (AvgIpc) is 3.84. The molecule has 1 aliphatic carbocycles. The first kappa shape index (κ1) is 36.9. The molecular weight excluding hydrogens is 763 g/mol. The standard InChI is InChI=1S/C61H43NO/c1-61(2)56-25-8-5-18-50(56)53-22-12-21-49(59(53)61)42-32-36-48(37-33-42)62(57-26-9-6-19-51(57)54-23-13-24-55-52-20-7-10-27-58(52)63-60(54)55)47-34-30-41(31-35-47)44-16-11-17-45(38-44)46-29-28-40-14-3-4-15-43(40)39-46/h3-39H,1-2H3. The monoisotopic (exact) mass is 805 g/mol. The van der Waals surface area contributed by atoms with Crippen LogP contribution in [-0.4, -0.2) is 0 Å². The normalized spacial score (nSPS) is 12.7. The van der Waals surface area contributed by atoms with E-state index in [-0.39, 0.29) is 5.41 Å². The van der Waals surface area contributed by atoms with E-state index in [4.69, 9.17) is 4.42 Å². The van der Waals surface area contributed by atoms with Crippen LogP contribution in [0.1, 0.15) is 25.0 Å². The van der Waals surface area contributed by atoms with Gasteiger partial charge in [-0.1, -0.05) is 190 Å². The fourth-order valence-corrected chi connectivity index (χ4v) is 10.2. The van der Waals surface area contributed by atoms with Crippen LogP contribution in [0.5, 0.6) is 0 Å². The Balaban J connectivity index is 0.976. The third-order valence-electron chi connectivity index (χ3n) is 13.3. The molecular formula is C61H43NO. The van der Waals surface area contributed by atoms with E-state index in [0.717, 1.165) is 50.1 Å². The van der Waals surface area contributed by atoms with E-state index < -0.39 is 0 Å². The second-order valence-corrected chi connectivity index (χ2v) is 17.3. The molecule has 2 nitrogen and oxygen atoms in total. The second kappa shape index (κ2) is 14.6. The fraction of sp³-hybridized carbons (Fsp3) is 0.0492. The molecule has 10 aromatic carbocycles. The van der Waals surface area contributed by atoms with Crippen molar-refractivity contribution in [3.63, 3.8) is 0 Å². The molecule has 0 amide bonds. The van der Waals surface area contributed by atoms with Gasteiger partial charge in [0.25, 0.3) is 0 Å². The number of anilines is 3. The maximum absolute atomic E-state index is 6.63. The molecule has 0 spiro atoms. The van der Waals surface area contributed by atoms with Crippen molar-refractivity contribution in [2.45, 2.75) is 19.3 Å². The van der Waals surface area contributed by atoms with Gasteiger partial charge in [0, 0.05) is 38.7 Å². The van der Waals surface area contributed by atoms with Gasteiger partial charge in [0.05, 0.1) is 5.69 Å². The van der Waals surface area contributed by atoms with Gasteiger partial charge in [0.15, 0.2) is 0 Å². The van der Waals surface area contributed by atoms with Crippen LogP contribution in [0.15, 0.2) is 229 Å².